The molecule has 2 aromatic rings. The van der Waals surface area contributed by atoms with Gasteiger partial charge in [-0.3, -0.25) is 0 Å². The molecular formula is C14H19N3O2S. The molecule has 2 heterocycles. The second-order valence-electron chi connectivity index (χ2n) is 4.36. The molecule has 0 saturated heterocycles. The van der Waals surface area contributed by atoms with Gasteiger partial charge in [0.25, 0.3) is 5.22 Å². The van der Waals surface area contributed by atoms with Crippen molar-refractivity contribution in [3.05, 3.63) is 35.3 Å². The summed E-state index contributed by atoms with van der Waals surface area (Å²) in [5.41, 5.74) is 2.05. The van der Waals surface area contributed by atoms with E-state index < -0.39 is 0 Å². The van der Waals surface area contributed by atoms with Gasteiger partial charge < -0.3 is 14.5 Å². The number of hydrogen-bond acceptors (Lipinski definition) is 6. The Morgan fingerprint density at radius 2 is 2.25 bits per heavy atom. The van der Waals surface area contributed by atoms with Crippen LogP contribution in [0.25, 0.3) is 0 Å². The quantitative estimate of drug-likeness (QED) is 0.792. The lowest BCUT2D eigenvalue weighted by atomic mass is 10.3. The summed E-state index contributed by atoms with van der Waals surface area (Å²) in [5.74, 6) is 0.850. The van der Waals surface area contributed by atoms with Gasteiger partial charge in [-0.25, -0.2) is 9.97 Å². The summed E-state index contributed by atoms with van der Waals surface area (Å²) >= 11 is 1.45. The van der Waals surface area contributed by atoms with Crippen molar-refractivity contribution in [3.63, 3.8) is 0 Å². The van der Waals surface area contributed by atoms with Crippen LogP contribution in [0, 0.1) is 13.8 Å². The van der Waals surface area contributed by atoms with E-state index in [2.05, 4.69) is 21.4 Å². The van der Waals surface area contributed by atoms with Crippen molar-refractivity contribution in [2.45, 2.75) is 30.6 Å². The van der Waals surface area contributed by atoms with Crippen molar-refractivity contribution in [3.8, 4) is 0 Å². The van der Waals surface area contributed by atoms with E-state index in [0.717, 1.165) is 35.1 Å². The van der Waals surface area contributed by atoms with E-state index in [4.69, 9.17) is 9.15 Å². The van der Waals surface area contributed by atoms with Crippen LogP contribution in [0.5, 0.6) is 0 Å². The van der Waals surface area contributed by atoms with Crippen LogP contribution in [0.2, 0.25) is 0 Å². The third-order valence-electron chi connectivity index (χ3n) is 2.84. The molecule has 0 aliphatic rings. The van der Waals surface area contributed by atoms with E-state index in [9.17, 15) is 0 Å². The second kappa shape index (κ2) is 7.42. The van der Waals surface area contributed by atoms with Crippen molar-refractivity contribution in [2.75, 3.05) is 20.3 Å². The summed E-state index contributed by atoms with van der Waals surface area (Å²) in [4.78, 5) is 8.78. The van der Waals surface area contributed by atoms with Gasteiger partial charge in [-0.2, -0.15) is 0 Å². The maximum Gasteiger partial charge on any atom is 0.262 e. The molecule has 5 nitrogen and oxygen atoms in total. The zero-order valence-corrected chi connectivity index (χ0v) is 12.8. The lowest BCUT2D eigenvalue weighted by Gasteiger charge is -2.07. The number of oxazole rings is 1. The molecule has 2 aromatic heterocycles. The molecule has 0 atom stereocenters. The molecule has 0 radical (unpaired) electrons. The summed E-state index contributed by atoms with van der Waals surface area (Å²) in [6, 6.07) is 3.99. The first-order chi connectivity index (χ1) is 9.70. The van der Waals surface area contributed by atoms with E-state index in [0.29, 0.717) is 11.8 Å². The van der Waals surface area contributed by atoms with Gasteiger partial charge in [0.1, 0.15) is 10.8 Å². The number of pyridine rings is 1. The zero-order chi connectivity index (χ0) is 14.4. The molecule has 0 spiro atoms. The fourth-order valence-electron chi connectivity index (χ4n) is 1.62. The smallest absolute Gasteiger partial charge is 0.262 e. The van der Waals surface area contributed by atoms with Gasteiger partial charge in [0.15, 0.2) is 0 Å². The Hall–Kier alpha value is -1.37. The summed E-state index contributed by atoms with van der Waals surface area (Å²) < 4.78 is 10.6. The van der Waals surface area contributed by atoms with E-state index in [1.165, 1.54) is 11.8 Å². The molecule has 20 heavy (non-hydrogen) atoms. The highest BCUT2D eigenvalue weighted by atomic mass is 32.2. The topological polar surface area (TPSA) is 60.2 Å². The maximum atomic E-state index is 5.59. The molecule has 0 saturated carbocycles. The summed E-state index contributed by atoms with van der Waals surface area (Å²) in [5, 5.41) is 4.87. The molecule has 0 bridgehead atoms. The number of aromatic nitrogens is 2. The lowest BCUT2D eigenvalue weighted by molar-refractivity contribution is 0.199. The average molecular weight is 293 g/mol. The molecule has 0 unspecified atom stereocenters. The van der Waals surface area contributed by atoms with Crippen molar-refractivity contribution < 1.29 is 9.15 Å². The monoisotopic (exact) mass is 293 g/mol. The van der Waals surface area contributed by atoms with E-state index in [1.807, 2.05) is 19.9 Å². The number of nitrogens with one attached hydrogen (secondary N) is 1. The van der Waals surface area contributed by atoms with Crippen LogP contribution in [0.3, 0.4) is 0 Å². The molecule has 108 valence electrons. The summed E-state index contributed by atoms with van der Waals surface area (Å²) in [6.07, 6.45) is 1.78. The molecule has 0 aliphatic heterocycles. The molecule has 6 heteroatoms. The molecule has 1 N–H and O–H groups in total. The maximum absolute atomic E-state index is 5.59. The highest BCUT2D eigenvalue weighted by molar-refractivity contribution is 7.99. The standard InChI is InChI=1S/C14H19N3O2S/c1-10-11(2)19-14(17-10)20-13-12(5-4-6-16-13)9-15-7-8-18-3/h4-6,15H,7-9H2,1-3H3. The highest BCUT2D eigenvalue weighted by Gasteiger charge is 2.11. The number of hydrogen-bond donors (Lipinski definition) is 1. The first-order valence-electron chi connectivity index (χ1n) is 6.46. The van der Waals surface area contributed by atoms with Gasteiger partial charge in [0, 0.05) is 26.4 Å². The van der Waals surface area contributed by atoms with Gasteiger partial charge >= 0.3 is 0 Å². The minimum atomic E-state index is 0.636. The molecule has 0 aromatic carbocycles. The average Bonchev–Trinajstić information content (AvgIpc) is 2.75. The summed E-state index contributed by atoms with van der Waals surface area (Å²) in [6.45, 7) is 6.11. The highest BCUT2D eigenvalue weighted by Crippen LogP contribution is 2.29. The van der Waals surface area contributed by atoms with Crippen molar-refractivity contribution in [2.24, 2.45) is 0 Å². The van der Waals surface area contributed by atoms with Gasteiger partial charge in [-0.1, -0.05) is 6.07 Å². The lowest BCUT2D eigenvalue weighted by Crippen LogP contribution is -2.19. The van der Waals surface area contributed by atoms with Gasteiger partial charge in [0.05, 0.1) is 12.3 Å². The van der Waals surface area contributed by atoms with Crippen molar-refractivity contribution in [1.29, 1.82) is 0 Å². The first-order valence-corrected chi connectivity index (χ1v) is 7.27. The predicted molar refractivity (Wildman–Crippen MR) is 77.9 cm³/mol. The largest absolute Gasteiger partial charge is 0.436 e. The van der Waals surface area contributed by atoms with E-state index in [1.54, 1.807) is 13.3 Å². The van der Waals surface area contributed by atoms with Crippen molar-refractivity contribution >= 4 is 11.8 Å². The van der Waals surface area contributed by atoms with Gasteiger partial charge in [0.2, 0.25) is 0 Å². The van der Waals surface area contributed by atoms with Crippen LogP contribution in [-0.4, -0.2) is 30.2 Å². The minimum Gasteiger partial charge on any atom is -0.436 e. The normalized spacial score (nSPS) is 10.9. The van der Waals surface area contributed by atoms with Crippen LogP contribution in [0.1, 0.15) is 17.0 Å². The molecule has 2 rings (SSSR count). The number of nitrogens with zero attached hydrogens (tertiary/aromatic N) is 2. The molecular weight excluding hydrogens is 274 g/mol. The fourth-order valence-corrected chi connectivity index (χ4v) is 2.52. The number of rotatable bonds is 7. The first kappa shape index (κ1) is 15.0. The Bertz CT molecular complexity index is 538. The van der Waals surface area contributed by atoms with Gasteiger partial charge in [-0.15, -0.1) is 0 Å². The third kappa shape index (κ3) is 4.06. The number of ether oxygens (including phenoxy) is 1. The summed E-state index contributed by atoms with van der Waals surface area (Å²) in [7, 11) is 1.69. The number of methoxy groups -OCH3 is 1. The minimum absolute atomic E-state index is 0.636. The number of aryl methyl sites for hydroxylation is 2. The Kier molecular flexibility index (Phi) is 5.58. The molecule has 0 fully saturated rings. The molecule has 0 amide bonds. The third-order valence-corrected chi connectivity index (χ3v) is 3.75. The predicted octanol–water partition coefficient (Wildman–Crippen LogP) is 2.57. The Morgan fingerprint density at radius 1 is 1.40 bits per heavy atom. The fraction of sp³-hybridized carbons (Fsp3) is 0.429. The van der Waals surface area contributed by atoms with Crippen LogP contribution < -0.4 is 5.32 Å². The Labute approximate surface area is 123 Å². The second-order valence-corrected chi connectivity index (χ2v) is 5.30. The van der Waals surface area contributed by atoms with E-state index >= 15 is 0 Å². The zero-order valence-electron chi connectivity index (χ0n) is 12.0. The van der Waals surface area contributed by atoms with Crippen LogP contribution in [0.15, 0.2) is 33.0 Å². The van der Waals surface area contributed by atoms with Gasteiger partial charge in [-0.05, 0) is 37.2 Å². The van der Waals surface area contributed by atoms with Crippen LogP contribution in [-0.2, 0) is 11.3 Å². The van der Waals surface area contributed by atoms with Crippen molar-refractivity contribution in [1.82, 2.24) is 15.3 Å². The van der Waals surface area contributed by atoms with Crippen LogP contribution >= 0.6 is 11.8 Å². The SMILES string of the molecule is COCCNCc1cccnc1Sc1nc(C)c(C)o1. The van der Waals surface area contributed by atoms with E-state index in [-0.39, 0.29) is 0 Å². The Morgan fingerprint density at radius 3 is 2.95 bits per heavy atom. The molecule has 0 aliphatic carbocycles. The van der Waals surface area contributed by atoms with Crippen LogP contribution in [0.4, 0.5) is 0 Å². The Balaban J connectivity index is 2.03.